The van der Waals surface area contributed by atoms with Gasteiger partial charge in [-0.15, -0.1) is 0 Å². The molecule has 0 atom stereocenters. The van der Waals surface area contributed by atoms with E-state index >= 15 is 0 Å². The smallest absolute Gasteiger partial charge is 0.416 e. The van der Waals surface area contributed by atoms with Gasteiger partial charge in [-0.3, -0.25) is 9.59 Å². The molecule has 3 aromatic rings. The number of benzene rings is 2. The van der Waals surface area contributed by atoms with Gasteiger partial charge in [0.15, 0.2) is 5.92 Å². The number of rotatable bonds is 4. The Morgan fingerprint density at radius 3 is 2.00 bits per heavy atom. The number of carbonyl (C=O) groups excluding carboxylic acids is 2. The molecule has 0 aliphatic carbocycles. The van der Waals surface area contributed by atoms with Crippen LogP contribution >= 0.6 is 0 Å². The molecular formula is C24H19F4NO4. The minimum absolute atomic E-state index is 0.0954. The molecule has 1 N–H and O–H groups in total. The van der Waals surface area contributed by atoms with Crippen LogP contribution < -0.4 is 0 Å². The minimum Gasteiger partial charge on any atom is -0.422 e. The molecule has 0 radical (unpaired) electrons. The first-order valence-electron chi connectivity index (χ1n) is 10.0. The second-order valence-electron chi connectivity index (χ2n) is 8.16. The van der Waals surface area contributed by atoms with Crippen LogP contribution in [0.2, 0.25) is 0 Å². The summed E-state index contributed by atoms with van der Waals surface area (Å²) in [4.78, 5) is 28.0. The zero-order chi connectivity index (χ0) is 24.0. The maximum atomic E-state index is 13.3. The second kappa shape index (κ2) is 8.06. The molecule has 0 amide bonds. The molecule has 172 valence electrons. The summed E-state index contributed by atoms with van der Waals surface area (Å²) in [6.07, 6.45) is -4.58. The van der Waals surface area contributed by atoms with Crippen LogP contribution in [0.15, 0.2) is 54.6 Å². The van der Waals surface area contributed by atoms with Gasteiger partial charge in [-0.05, 0) is 65.6 Å². The summed E-state index contributed by atoms with van der Waals surface area (Å²) in [7, 11) is 0. The summed E-state index contributed by atoms with van der Waals surface area (Å²) in [5.74, 6) is -4.54. The lowest BCUT2D eigenvalue weighted by molar-refractivity contribution is -0.239. The average molecular weight is 461 g/mol. The molecule has 1 saturated heterocycles. The number of hydrogen-bond acceptors (Lipinski definition) is 4. The number of carbonyl (C=O) groups is 2. The van der Waals surface area contributed by atoms with E-state index in [0.29, 0.717) is 28.1 Å². The number of halogens is 4. The first kappa shape index (κ1) is 22.6. The molecule has 0 unspecified atom stereocenters. The van der Waals surface area contributed by atoms with Crippen molar-refractivity contribution < 1.29 is 36.6 Å². The van der Waals surface area contributed by atoms with E-state index < -0.39 is 41.2 Å². The van der Waals surface area contributed by atoms with E-state index in [1.54, 1.807) is 6.07 Å². The SMILES string of the molecule is CC1(C)OC(=O)C(Cc2cc(-c3ccc(F)cc3)[nH]c2-c2ccc(C(F)(F)F)cc2)C(=O)O1. The quantitative estimate of drug-likeness (QED) is 0.317. The Labute approximate surface area is 186 Å². The lowest BCUT2D eigenvalue weighted by atomic mass is 9.95. The van der Waals surface area contributed by atoms with Crippen molar-refractivity contribution in [3.05, 3.63) is 71.5 Å². The highest BCUT2D eigenvalue weighted by Gasteiger charge is 2.43. The van der Waals surface area contributed by atoms with Crippen LogP contribution in [0.1, 0.15) is 25.0 Å². The van der Waals surface area contributed by atoms with E-state index in [0.717, 1.165) is 12.1 Å². The van der Waals surface area contributed by atoms with Gasteiger partial charge >= 0.3 is 18.1 Å². The Balaban J connectivity index is 1.74. The molecule has 0 bridgehead atoms. The molecule has 2 heterocycles. The summed E-state index contributed by atoms with van der Waals surface area (Å²) in [6, 6.07) is 11.8. The Hall–Kier alpha value is -3.62. The normalized spacial score (nSPS) is 16.4. The number of hydrogen-bond donors (Lipinski definition) is 1. The fourth-order valence-corrected chi connectivity index (χ4v) is 3.66. The van der Waals surface area contributed by atoms with E-state index in [4.69, 9.17) is 9.47 Å². The van der Waals surface area contributed by atoms with Gasteiger partial charge in [0, 0.05) is 25.2 Å². The molecular weight excluding hydrogens is 442 g/mol. The maximum absolute atomic E-state index is 13.3. The molecule has 9 heteroatoms. The zero-order valence-electron chi connectivity index (χ0n) is 17.6. The first-order valence-corrected chi connectivity index (χ1v) is 10.0. The third kappa shape index (κ3) is 4.76. The number of ether oxygens (including phenoxy) is 2. The van der Waals surface area contributed by atoms with E-state index in [2.05, 4.69) is 4.98 Å². The monoisotopic (exact) mass is 461 g/mol. The van der Waals surface area contributed by atoms with E-state index in [1.807, 2.05) is 0 Å². The van der Waals surface area contributed by atoms with Crippen LogP contribution in [0.3, 0.4) is 0 Å². The van der Waals surface area contributed by atoms with Gasteiger partial charge in [-0.2, -0.15) is 13.2 Å². The summed E-state index contributed by atoms with van der Waals surface area (Å²) < 4.78 is 62.6. The van der Waals surface area contributed by atoms with Crippen molar-refractivity contribution in [2.75, 3.05) is 0 Å². The van der Waals surface area contributed by atoms with Gasteiger partial charge in [-0.25, -0.2) is 4.39 Å². The molecule has 4 rings (SSSR count). The van der Waals surface area contributed by atoms with Crippen molar-refractivity contribution in [1.82, 2.24) is 4.98 Å². The number of aromatic nitrogens is 1. The van der Waals surface area contributed by atoms with E-state index in [9.17, 15) is 27.2 Å². The van der Waals surface area contributed by atoms with Crippen molar-refractivity contribution in [3.63, 3.8) is 0 Å². The van der Waals surface area contributed by atoms with Crippen LogP contribution in [0.4, 0.5) is 17.6 Å². The Morgan fingerprint density at radius 1 is 0.909 bits per heavy atom. The number of esters is 2. The Morgan fingerprint density at radius 2 is 1.45 bits per heavy atom. The molecule has 1 aliphatic rings. The van der Waals surface area contributed by atoms with Gasteiger partial charge < -0.3 is 14.5 Å². The van der Waals surface area contributed by atoms with Crippen LogP contribution in [-0.2, 0) is 31.7 Å². The van der Waals surface area contributed by atoms with Crippen molar-refractivity contribution >= 4 is 11.9 Å². The summed E-state index contributed by atoms with van der Waals surface area (Å²) >= 11 is 0. The highest BCUT2D eigenvalue weighted by Crippen LogP contribution is 2.35. The fourth-order valence-electron chi connectivity index (χ4n) is 3.66. The third-order valence-corrected chi connectivity index (χ3v) is 5.24. The molecule has 2 aromatic carbocycles. The van der Waals surface area contributed by atoms with Gasteiger partial charge in [0.05, 0.1) is 5.56 Å². The average Bonchev–Trinajstić information content (AvgIpc) is 3.14. The Bertz CT molecular complexity index is 1170. The summed E-state index contributed by atoms with van der Waals surface area (Å²) in [5, 5.41) is 0. The molecule has 5 nitrogen and oxygen atoms in total. The third-order valence-electron chi connectivity index (χ3n) is 5.24. The molecule has 0 saturated carbocycles. The van der Waals surface area contributed by atoms with Gasteiger partial charge in [0.2, 0.25) is 0 Å². The molecule has 1 fully saturated rings. The predicted molar refractivity (Wildman–Crippen MR) is 110 cm³/mol. The van der Waals surface area contributed by atoms with Crippen LogP contribution in [-0.4, -0.2) is 22.7 Å². The second-order valence-corrected chi connectivity index (χ2v) is 8.16. The minimum atomic E-state index is -4.49. The zero-order valence-corrected chi connectivity index (χ0v) is 17.6. The topological polar surface area (TPSA) is 68.4 Å². The van der Waals surface area contributed by atoms with Gasteiger partial charge in [0.25, 0.3) is 5.79 Å². The number of aromatic amines is 1. The molecule has 1 aliphatic heterocycles. The number of alkyl halides is 3. The Kier molecular flexibility index (Phi) is 5.51. The molecule has 1 aromatic heterocycles. The van der Waals surface area contributed by atoms with Crippen LogP contribution in [0.25, 0.3) is 22.5 Å². The lowest BCUT2D eigenvalue weighted by Gasteiger charge is -2.32. The molecule has 0 spiro atoms. The summed E-state index contributed by atoms with van der Waals surface area (Å²) in [5.41, 5.74) is 1.69. The highest BCUT2D eigenvalue weighted by atomic mass is 19.4. The van der Waals surface area contributed by atoms with Gasteiger partial charge in [-0.1, -0.05) is 12.1 Å². The predicted octanol–water partition coefficient (Wildman–Crippen LogP) is 5.50. The maximum Gasteiger partial charge on any atom is 0.416 e. The number of H-pyrrole nitrogens is 1. The highest BCUT2D eigenvalue weighted by molar-refractivity contribution is 5.97. The largest absolute Gasteiger partial charge is 0.422 e. The lowest BCUT2D eigenvalue weighted by Crippen LogP contribution is -2.46. The fraction of sp³-hybridized carbons (Fsp3) is 0.250. The summed E-state index contributed by atoms with van der Waals surface area (Å²) in [6.45, 7) is 2.88. The van der Waals surface area contributed by atoms with Gasteiger partial charge in [0.1, 0.15) is 5.82 Å². The standard InChI is InChI=1S/C24H19F4NO4/c1-23(2)32-21(30)18(22(31)33-23)11-15-12-19(13-5-9-17(25)10-6-13)29-20(15)14-3-7-16(8-4-14)24(26,27)28/h3-10,12,18,29H,11H2,1-2H3. The van der Waals surface area contributed by atoms with Crippen molar-refractivity contribution in [1.29, 1.82) is 0 Å². The first-order chi connectivity index (χ1) is 15.4. The van der Waals surface area contributed by atoms with Crippen molar-refractivity contribution in [2.45, 2.75) is 32.2 Å². The van der Waals surface area contributed by atoms with E-state index in [-0.39, 0.29) is 6.42 Å². The van der Waals surface area contributed by atoms with Crippen molar-refractivity contribution in [3.8, 4) is 22.5 Å². The number of cyclic esters (lactones) is 2. The molecule has 33 heavy (non-hydrogen) atoms. The van der Waals surface area contributed by atoms with Crippen LogP contribution in [0.5, 0.6) is 0 Å². The van der Waals surface area contributed by atoms with Crippen LogP contribution in [0, 0.1) is 11.7 Å². The number of nitrogens with one attached hydrogen (secondary N) is 1. The van der Waals surface area contributed by atoms with E-state index in [1.165, 1.54) is 50.2 Å². The van der Waals surface area contributed by atoms with Crippen molar-refractivity contribution in [2.24, 2.45) is 5.92 Å².